The van der Waals surface area contributed by atoms with Gasteiger partial charge >= 0.3 is 6.09 Å². The van der Waals surface area contributed by atoms with E-state index in [9.17, 15) is 23.5 Å². The van der Waals surface area contributed by atoms with Crippen molar-refractivity contribution in [1.29, 1.82) is 0 Å². The molecule has 1 unspecified atom stereocenters. The van der Waals surface area contributed by atoms with Crippen LogP contribution in [0.3, 0.4) is 0 Å². The standard InChI is InChI=1S/C20H20F2N2O3/c21-20(22)11-12-23(14-20)18(25)17(16-9-5-2-6-10-16)24(19(26)27)13-15-7-3-1-4-8-15/h1-10,17H,11-14H2,(H,26,27). The minimum atomic E-state index is -2.94. The Morgan fingerprint density at radius 1 is 1.07 bits per heavy atom. The first-order chi connectivity index (χ1) is 12.9. The van der Waals surface area contributed by atoms with Crippen molar-refractivity contribution in [2.75, 3.05) is 13.1 Å². The van der Waals surface area contributed by atoms with E-state index in [0.717, 1.165) is 9.80 Å². The van der Waals surface area contributed by atoms with Gasteiger partial charge in [0.2, 0.25) is 5.91 Å². The summed E-state index contributed by atoms with van der Waals surface area (Å²) in [5.74, 6) is -3.57. The SMILES string of the molecule is O=C(C(c1ccccc1)N(Cc1ccccc1)C(=O)O)N1CCC(F)(F)C1. The minimum Gasteiger partial charge on any atom is -0.465 e. The number of nitrogens with zero attached hydrogens (tertiary/aromatic N) is 2. The average Bonchev–Trinajstić information content (AvgIpc) is 3.02. The third-order valence-corrected chi connectivity index (χ3v) is 4.58. The third kappa shape index (κ3) is 4.42. The summed E-state index contributed by atoms with van der Waals surface area (Å²) in [7, 11) is 0. The van der Waals surface area contributed by atoms with Crippen molar-refractivity contribution in [3.05, 3.63) is 71.8 Å². The fraction of sp³-hybridized carbons (Fsp3) is 0.300. The van der Waals surface area contributed by atoms with Crippen LogP contribution in [0, 0.1) is 0 Å². The second-order valence-electron chi connectivity index (χ2n) is 6.58. The van der Waals surface area contributed by atoms with Crippen LogP contribution in [0.5, 0.6) is 0 Å². The molecule has 142 valence electrons. The summed E-state index contributed by atoms with van der Waals surface area (Å²) in [5.41, 5.74) is 1.16. The largest absolute Gasteiger partial charge is 0.465 e. The summed E-state index contributed by atoms with van der Waals surface area (Å²) in [6.45, 7) is -0.798. The minimum absolute atomic E-state index is 0.0221. The van der Waals surface area contributed by atoms with Crippen molar-refractivity contribution >= 4 is 12.0 Å². The lowest BCUT2D eigenvalue weighted by Gasteiger charge is -2.32. The van der Waals surface area contributed by atoms with Gasteiger partial charge in [-0.1, -0.05) is 60.7 Å². The van der Waals surface area contributed by atoms with Crippen LogP contribution in [0.2, 0.25) is 0 Å². The summed E-state index contributed by atoms with van der Waals surface area (Å²) in [6.07, 6.45) is -1.70. The van der Waals surface area contributed by atoms with Gasteiger partial charge in [-0.25, -0.2) is 13.6 Å². The molecule has 0 bridgehead atoms. The van der Waals surface area contributed by atoms with Gasteiger partial charge in [0.05, 0.1) is 13.1 Å². The first-order valence-corrected chi connectivity index (χ1v) is 8.62. The maximum Gasteiger partial charge on any atom is 0.408 e. The number of amides is 2. The van der Waals surface area contributed by atoms with Gasteiger partial charge in [-0.3, -0.25) is 9.69 Å². The molecule has 0 radical (unpaired) electrons. The highest BCUT2D eigenvalue weighted by atomic mass is 19.3. The van der Waals surface area contributed by atoms with E-state index in [1.807, 2.05) is 0 Å². The molecule has 1 fully saturated rings. The van der Waals surface area contributed by atoms with E-state index < -0.39 is 36.9 Å². The third-order valence-electron chi connectivity index (χ3n) is 4.58. The lowest BCUT2D eigenvalue weighted by atomic mass is 10.0. The zero-order chi connectivity index (χ0) is 19.4. The lowest BCUT2D eigenvalue weighted by Crippen LogP contribution is -2.44. The molecular weight excluding hydrogens is 354 g/mol. The van der Waals surface area contributed by atoms with Gasteiger partial charge in [0.25, 0.3) is 5.92 Å². The van der Waals surface area contributed by atoms with Crippen LogP contribution in [-0.4, -0.2) is 45.9 Å². The van der Waals surface area contributed by atoms with Crippen LogP contribution in [0.4, 0.5) is 13.6 Å². The molecule has 2 aromatic carbocycles. The smallest absolute Gasteiger partial charge is 0.408 e. The monoisotopic (exact) mass is 374 g/mol. The maximum atomic E-state index is 13.6. The van der Waals surface area contributed by atoms with Gasteiger partial charge in [-0.2, -0.15) is 0 Å². The fourth-order valence-corrected chi connectivity index (χ4v) is 3.24. The van der Waals surface area contributed by atoms with E-state index in [1.54, 1.807) is 60.7 Å². The number of benzene rings is 2. The average molecular weight is 374 g/mol. The molecule has 27 heavy (non-hydrogen) atoms. The Balaban J connectivity index is 1.95. The fourth-order valence-electron chi connectivity index (χ4n) is 3.24. The first kappa shape index (κ1) is 18.8. The first-order valence-electron chi connectivity index (χ1n) is 8.62. The van der Waals surface area contributed by atoms with E-state index in [-0.39, 0.29) is 13.1 Å². The molecule has 1 saturated heterocycles. The van der Waals surface area contributed by atoms with E-state index in [4.69, 9.17) is 0 Å². The predicted octanol–water partition coefficient (Wildman–Crippen LogP) is 3.78. The Kier molecular flexibility index (Phi) is 5.39. The Bertz CT molecular complexity index is 799. The molecule has 1 aliphatic rings. The summed E-state index contributed by atoms with van der Waals surface area (Å²) >= 11 is 0. The summed E-state index contributed by atoms with van der Waals surface area (Å²) in [4.78, 5) is 27.1. The Morgan fingerprint density at radius 3 is 2.19 bits per heavy atom. The summed E-state index contributed by atoms with van der Waals surface area (Å²) < 4.78 is 27.2. The van der Waals surface area contributed by atoms with Crippen molar-refractivity contribution in [3.8, 4) is 0 Å². The predicted molar refractivity (Wildman–Crippen MR) is 95.3 cm³/mol. The van der Waals surface area contributed by atoms with E-state index >= 15 is 0 Å². The van der Waals surface area contributed by atoms with Crippen LogP contribution >= 0.6 is 0 Å². The van der Waals surface area contributed by atoms with Gasteiger partial charge in [0, 0.05) is 13.0 Å². The lowest BCUT2D eigenvalue weighted by molar-refractivity contribution is -0.137. The molecule has 0 aromatic heterocycles. The summed E-state index contributed by atoms with van der Waals surface area (Å²) in [6, 6.07) is 16.1. The number of alkyl halides is 2. The number of halogens is 2. The van der Waals surface area contributed by atoms with Crippen molar-refractivity contribution in [2.24, 2.45) is 0 Å². The Labute approximate surface area is 155 Å². The molecule has 7 heteroatoms. The van der Waals surface area contributed by atoms with Crippen molar-refractivity contribution in [3.63, 3.8) is 0 Å². The molecule has 3 rings (SSSR count). The molecule has 1 N–H and O–H groups in total. The number of carboxylic acid groups (broad SMARTS) is 1. The molecule has 5 nitrogen and oxygen atoms in total. The molecule has 0 spiro atoms. The highest BCUT2D eigenvalue weighted by molar-refractivity contribution is 5.87. The number of hydrogen-bond donors (Lipinski definition) is 1. The highest BCUT2D eigenvalue weighted by Crippen LogP contribution is 2.32. The van der Waals surface area contributed by atoms with Gasteiger partial charge in [0.1, 0.15) is 6.04 Å². The maximum absolute atomic E-state index is 13.6. The van der Waals surface area contributed by atoms with Crippen LogP contribution < -0.4 is 0 Å². The number of rotatable bonds is 5. The van der Waals surface area contributed by atoms with Crippen molar-refractivity contribution < 1.29 is 23.5 Å². The van der Waals surface area contributed by atoms with E-state index in [0.29, 0.717) is 11.1 Å². The molecule has 1 atom stereocenters. The highest BCUT2D eigenvalue weighted by Gasteiger charge is 2.44. The van der Waals surface area contributed by atoms with Gasteiger partial charge in [0.15, 0.2) is 0 Å². The quantitative estimate of drug-likeness (QED) is 0.867. The van der Waals surface area contributed by atoms with Crippen LogP contribution in [-0.2, 0) is 11.3 Å². The number of carbonyl (C=O) groups is 2. The molecule has 0 aliphatic carbocycles. The summed E-state index contributed by atoms with van der Waals surface area (Å²) in [5, 5.41) is 9.77. The number of hydrogen-bond acceptors (Lipinski definition) is 2. The van der Waals surface area contributed by atoms with E-state index in [2.05, 4.69) is 0 Å². The topological polar surface area (TPSA) is 60.9 Å². The zero-order valence-corrected chi connectivity index (χ0v) is 14.6. The Morgan fingerprint density at radius 2 is 1.67 bits per heavy atom. The molecule has 2 aromatic rings. The van der Waals surface area contributed by atoms with E-state index in [1.165, 1.54) is 0 Å². The molecule has 1 aliphatic heterocycles. The zero-order valence-electron chi connectivity index (χ0n) is 14.6. The molecule has 1 heterocycles. The van der Waals surface area contributed by atoms with Crippen molar-refractivity contribution in [2.45, 2.75) is 24.9 Å². The normalized spacial score (nSPS) is 16.7. The number of carbonyl (C=O) groups excluding carboxylic acids is 1. The van der Waals surface area contributed by atoms with Crippen molar-refractivity contribution in [1.82, 2.24) is 9.80 Å². The van der Waals surface area contributed by atoms with Crippen LogP contribution in [0.15, 0.2) is 60.7 Å². The van der Waals surface area contributed by atoms with Gasteiger partial charge in [-0.15, -0.1) is 0 Å². The van der Waals surface area contributed by atoms with Crippen LogP contribution in [0.1, 0.15) is 23.6 Å². The van der Waals surface area contributed by atoms with Crippen LogP contribution in [0.25, 0.3) is 0 Å². The second-order valence-corrected chi connectivity index (χ2v) is 6.58. The van der Waals surface area contributed by atoms with Gasteiger partial charge in [-0.05, 0) is 11.1 Å². The molecular formula is C20H20F2N2O3. The Hall–Kier alpha value is -2.96. The van der Waals surface area contributed by atoms with Gasteiger partial charge < -0.3 is 10.0 Å². The number of likely N-dealkylation sites (tertiary alicyclic amines) is 1. The molecule has 2 amide bonds. The second kappa shape index (κ2) is 7.73. The molecule has 0 saturated carbocycles.